The van der Waals surface area contributed by atoms with Crippen LogP contribution < -0.4 is 38.9 Å². The van der Waals surface area contributed by atoms with Crippen molar-refractivity contribution < 1.29 is 41.8 Å². The molecule has 4 atom stereocenters. The minimum Gasteiger partial charge on any atom is -0.493 e. The number of methoxy groups -OCH3 is 1. The molecule has 7 aliphatic rings. The fraction of sp³-hybridized carbons (Fsp3) is 0.429. The number of piperazine rings is 1. The zero-order valence-corrected chi connectivity index (χ0v) is 49.0. The minimum absolute atomic E-state index is 0.0170. The van der Waals surface area contributed by atoms with Crippen molar-refractivity contribution in [3.8, 4) is 17.4 Å². The van der Waals surface area contributed by atoms with Gasteiger partial charge in [-0.1, -0.05) is 30.3 Å². The summed E-state index contributed by atoms with van der Waals surface area (Å²) in [6.45, 7) is 11.2. The van der Waals surface area contributed by atoms with Crippen molar-refractivity contribution in [1.29, 1.82) is 0 Å². The van der Waals surface area contributed by atoms with Crippen molar-refractivity contribution in [1.82, 2.24) is 34.5 Å². The van der Waals surface area contributed by atoms with Gasteiger partial charge in [-0.25, -0.2) is 18.1 Å². The molecule has 7 aromatic rings. The maximum Gasteiger partial charge on any atom is 0.297 e. The fourth-order valence-corrected chi connectivity index (χ4v) is 15.2. The molecule has 22 nitrogen and oxygen atoms in total. The number of ether oxygens (including phenoxy) is 5. The van der Waals surface area contributed by atoms with E-state index in [4.69, 9.17) is 33.7 Å². The van der Waals surface area contributed by atoms with Crippen molar-refractivity contribution in [2.75, 3.05) is 106 Å². The first-order valence-electron chi connectivity index (χ1n) is 29.8. The molecule has 1 aliphatic carbocycles. The van der Waals surface area contributed by atoms with Gasteiger partial charge in [0.15, 0.2) is 23.0 Å². The molecule has 23 heteroatoms. The monoisotopic (exact) mass is 1190 g/mol. The summed E-state index contributed by atoms with van der Waals surface area (Å²) in [6, 6.07) is 28.1. The van der Waals surface area contributed by atoms with Gasteiger partial charge in [-0.2, -0.15) is 4.98 Å². The van der Waals surface area contributed by atoms with Crippen LogP contribution in [-0.4, -0.2) is 159 Å². The number of nitrogens with zero attached hydrogens (tertiary/aromatic N) is 9. The number of aromatic amines is 1. The number of sulfonamides is 1. The van der Waals surface area contributed by atoms with E-state index in [1.54, 1.807) is 25.4 Å². The highest BCUT2D eigenvalue weighted by Gasteiger charge is 2.50. The lowest BCUT2D eigenvalue weighted by Crippen LogP contribution is -2.59. The van der Waals surface area contributed by atoms with Gasteiger partial charge in [0.05, 0.1) is 60.1 Å². The number of carbonyl (C=O) groups is 1. The van der Waals surface area contributed by atoms with Gasteiger partial charge in [0.2, 0.25) is 5.88 Å². The van der Waals surface area contributed by atoms with Gasteiger partial charge in [0.25, 0.3) is 21.6 Å². The van der Waals surface area contributed by atoms with Crippen LogP contribution in [0.3, 0.4) is 0 Å². The van der Waals surface area contributed by atoms with Gasteiger partial charge < -0.3 is 48.7 Å². The lowest BCUT2D eigenvalue weighted by atomic mass is 9.59. The Bertz CT molecular complexity index is 3810. The number of H-pyrrole nitrogens is 1. The van der Waals surface area contributed by atoms with Crippen LogP contribution in [-0.2, 0) is 32.5 Å². The van der Waals surface area contributed by atoms with Gasteiger partial charge in [-0.05, 0) is 110 Å². The summed E-state index contributed by atoms with van der Waals surface area (Å²) in [7, 11) is -3.02. The number of carbonyl (C=O) groups excluding carboxylic acids is 1. The van der Waals surface area contributed by atoms with Gasteiger partial charge in [0.1, 0.15) is 24.0 Å². The Kier molecular flexibility index (Phi) is 14.9. The number of piperidine rings is 1. The number of nitro benzene ring substituents is 1. The van der Waals surface area contributed by atoms with Crippen molar-refractivity contribution in [3.05, 3.63) is 148 Å². The van der Waals surface area contributed by atoms with Crippen LogP contribution in [0.1, 0.15) is 70.9 Å². The summed E-state index contributed by atoms with van der Waals surface area (Å²) in [6.07, 6.45) is 10.2. The summed E-state index contributed by atoms with van der Waals surface area (Å²) in [5, 5.41) is 16.6. The first kappa shape index (κ1) is 55.8. The number of fused-ring (bicyclic) bond motifs is 4. The normalized spacial score (nSPS) is 22.4. The van der Waals surface area contributed by atoms with Crippen LogP contribution in [0.15, 0.2) is 114 Å². The van der Waals surface area contributed by atoms with E-state index in [1.165, 1.54) is 17.2 Å². The zero-order valence-electron chi connectivity index (χ0n) is 48.2. The quantitative estimate of drug-likeness (QED) is 0.0692. The second-order valence-electron chi connectivity index (χ2n) is 23.9. The SMILES string of the molecule is COc1cc(CN2CCN(C3CC4(CCN(c5ccc(C(=O)NS(=O)(=O)c6cc7c(c([N+](=O)[O-])c6)N[C@H](Cc6ccccn6)CO7)c(N6c7cc8cc[nH]c8nc7O[C@H]7COCC[C@@H]76)c5)CC4)C3)[C@H](c3ccccc3C)C2)cnc1N1CCOCC1. The smallest absolute Gasteiger partial charge is 0.297 e. The number of pyridine rings is 3. The van der Waals surface area contributed by atoms with Crippen LogP contribution in [0.2, 0.25) is 0 Å². The van der Waals surface area contributed by atoms with Gasteiger partial charge in [0, 0.05) is 125 Å². The summed E-state index contributed by atoms with van der Waals surface area (Å²) in [5.74, 6) is 1.09. The third kappa shape index (κ3) is 10.8. The molecule has 1 spiro atoms. The number of amides is 1. The molecule has 6 aliphatic heterocycles. The number of morpholine rings is 1. The summed E-state index contributed by atoms with van der Waals surface area (Å²) in [5.41, 5.74) is 7.03. The van der Waals surface area contributed by atoms with Crippen LogP contribution in [0.4, 0.5) is 34.3 Å². The molecule has 3 aromatic carbocycles. The predicted molar refractivity (Wildman–Crippen MR) is 324 cm³/mol. The number of aromatic nitrogens is 4. The number of benzene rings is 3. The van der Waals surface area contributed by atoms with E-state index in [0.29, 0.717) is 61.6 Å². The van der Waals surface area contributed by atoms with Crippen LogP contribution in [0, 0.1) is 22.5 Å². The minimum atomic E-state index is -4.74. The van der Waals surface area contributed by atoms with Gasteiger partial charge >= 0.3 is 0 Å². The second kappa shape index (κ2) is 23.0. The average molecular weight is 1190 g/mol. The molecule has 0 unspecified atom stereocenters. The molecule has 14 rings (SSSR count). The van der Waals surface area contributed by atoms with E-state index in [9.17, 15) is 23.3 Å². The molecule has 4 aromatic heterocycles. The molecular weight excluding hydrogens is 1120 g/mol. The second-order valence-corrected chi connectivity index (χ2v) is 25.6. The number of hydrogen-bond acceptors (Lipinski definition) is 19. The molecule has 448 valence electrons. The number of hydrogen-bond donors (Lipinski definition) is 3. The van der Waals surface area contributed by atoms with E-state index in [-0.39, 0.29) is 53.8 Å². The largest absolute Gasteiger partial charge is 0.493 e. The number of nitrogens with one attached hydrogen (secondary N) is 3. The maximum absolute atomic E-state index is 15.0. The van der Waals surface area contributed by atoms with Crippen molar-refractivity contribution in [3.63, 3.8) is 0 Å². The molecule has 10 heterocycles. The highest BCUT2D eigenvalue weighted by molar-refractivity contribution is 7.90. The Hall–Kier alpha value is -8.09. The van der Waals surface area contributed by atoms with E-state index >= 15 is 0 Å². The average Bonchev–Trinajstić information content (AvgIpc) is 1.25. The zero-order chi connectivity index (χ0) is 58.7. The molecule has 1 saturated carbocycles. The topological polar surface area (TPSA) is 235 Å². The third-order valence-corrected chi connectivity index (χ3v) is 20.0. The molecule has 4 saturated heterocycles. The Morgan fingerprint density at radius 3 is 2.53 bits per heavy atom. The summed E-state index contributed by atoms with van der Waals surface area (Å²) in [4.78, 5) is 55.8. The highest BCUT2D eigenvalue weighted by Crippen LogP contribution is 2.54. The molecular formula is C63H70N12O10S. The summed E-state index contributed by atoms with van der Waals surface area (Å²) >= 11 is 0. The molecule has 0 bridgehead atoms. The fourth-order valence-electron chi connectivity index (χ4n) is 14.2. The Morgan fingerprint density at radius 1 is 0.895 bits per heavy atom. The Morgan fingerprint density at radius 2 is 1.73 bits per heavy atom. The number of rotatable bonds is 14. The van der Waals surface area contributed by atoms with Crippen molar-refractivity contribution in [2.24, 2.45) is 5.41 Å². The number of aryl methyl sites for hydroxylation is 1. The van der Waals surface area contributed by atoms with Crippen molar-refractivity contribution in [2.45, 2.75) is 87.2 Å². The van der Waals surface area contributed by atoms with Crippen molar-refractivity contribution >= 4 is 61.2 Å². The van der Waals surface area contributed by atoms with Crippen LogP contribution >= 0.6 is 0 Å². The Balaban J connectivity index is 0.713. The lowest BCUT2D eigenvalue weighted by Gasteiger charge is -2.58. The highest BCUT2D eigenvalue weighted by atomic mass is 32.2. The standard InChI is InChI=1S/C63H70N12O10S/c1-40-7-3-4-9-48(40)54-37-70(36-41-27-56(81-2)60(66-35-41)72-22-25-82-26-23-72)20-21-73(54)46-33-63(34-46)14-18-71(19-15-63)45-10-11-49(51(30-45)74-50-13-24-83-39-57(50)85-62-53(74)28-42-12-17-65-59(42)68-62)61(76)69-86(79,80)47-31-52(75(77)78)58-55(32-47)84-38-44(67-58)29-43-8-5-6-16-64-43/h3-12,16-17,27-28,30-32,35,44,46,50,54,57,67H,13-15,18-26,29,33-34,36-39H2,1-2H3,(H,65,68)(H,69,76)/t44-,50+,54+,57+/m1/s1. The first-order valence-corrected chi connectivity index (χ1v) is 31.3. The lowest BCUT2D eigenvalue weighted by molar-refractivity contribution is -0.384. The van der Waals surface area contributed by atoms with Gasteiger partial charge in [-0.15, -0.1) is 0 Å². The van der Waals surface area contributed by atoms with E-state index in [1.807, 2.05) is 48.8 Å². The number of anilines is 5. The van der Waals surface area contributed by atoms with E-state index in [0.717, 1.165) is 118 Å². The van der Waals surface area contributed by atoms with Crippen LogP contribution in [0.25, 0.3) is 11.0 Å². The van der Waals surface area contributed by atoms with E-state index < -0.39 is 37.5 Å². The third-order valence-electron chi connectivity index (χ3n) is 18.7. The summed E-state index contributed by atoms with van der Waals surface area (Å²) < 4.78 is 61.3. The maximum atomic E-state index is 15.0. The van der Waals surface area contributed by atoms with E-state index in [2.05, 4.69) is 81.8 Å². The van der Waals surface area contributed by atoms with Gasteiger partial charge in [-0.3, -0.25) is 29.7 Å². The molecule has 1 amide bonds. The Labute approximate surface area is 498 Å². The molecule has 0 radical (unpaired) electrons. The molecule has 5 fully saturated rings. The first-order chi connectivity index (χ1) is 41.9. The van der Waals surface area contributed by atoms with Crippen LogP contribution in [0.5, 0.6) is 17.4 Å². The molecule has 86 heavy (non-hydrogen) atoms. The molecule has 3 N–H and O–H groups in total. The number of nitro groups is 1. The predicted octanol–water partition coefficient (Wildman–Crippen LogP) is 7.95.